The van der Waals surface area contributed by atoms with Crippen LogP contribution < -0.4 is 5.32 Å². The number of nitrogens with zero attached hydrogens (tertiary/aromatic N) is 1. The van der Waals surface area contributed by atoms with Crippen molar-refractivity contribution in [3.05, 3.63) is 0 Å². The van der Waals surface area contributed by atoms with Crippen LogP contribution in [0.1, 0.15) is 44.9 Å². The zero-order valence-corrected chi connectivity index (χ0v) is 11.5. The van der Waals surface area contributed by atoms with Gasteiger partial charge in [0.05, 0.1) is 6.10 Å². The van der Waals surface area contributed by atoms with E-state index in [1.165, 1.54) is 0 Å². The summed E-state index contributed by atoms with van der Waals surface area (Å²) in [6, 6.07) is 0. The first kappa shape index (κ1) is 14.3. The summed E-state index contributed by atoms with van der Waals surface area (Å²) in [5.74, 6) is 0.355. The molecule has 0 radical (unpaired) electrons. The van der Waals surface area contributed by atoms with Gasteiger partial charge in [0, 0.05) is 39.1 Å². The zero-order chi connectivity index (χ0) is 13.5. The van der Waals surface area contributed by atoms with Crippen molar-refractivity contribution in [3.8, 4) is 0 Å². The first-order valence-corrected chi connectivity index (χ1v) is 7.42. The molecule has 108 valence electrons. The molecule has 2 saturated heterocycles. The van der Waals surface area contributed by atoms with Crippen molar-refractivity contribution >= 4 is 11.8 Å². The minimum absolute atomic E-state index is 0.100. The number of rotatable bonds is 7. The van der Waals surface area contributed by atoms with Gasteiger partial charge in [-0.25, -0.2) is 0 Å². The number of hydrogen-bond donors (Lipinski definition) is 1. The van der Waals surface area contributed by atoms with E-state index in [2.05, 4.69) is 5.32 Å². The average Bonchev–Trinajstić information content (AvgIpc) is 3.04. The maximum Gasteiger partial charge on any atom is 0.222 e. The van der Waals surface area contributed by atoms with Crippen molar-refractivity contribution in [2.45, 2.75) is 51.0 Å². The molecule has 2 heterocycles. The van der Waals surface area contributed by atoms with Gasteiger partial charge in [-0.05, 0) is 32.1 Å². The predicted molar refractivity (Wildman–Crippen MR) is 71.6 cm³/mol. The van der Waals surface area contributed by atoms with Gasteiger partial charge in [0.15, 0.2) is 0 Å². The number of hydrogen-bond acceptors (Lipinski definition) is 3. The Hall–Kier alpha value is -1.10. The topological polar surface area (TPSA) is 58.6 Å². The SMILES string of the molecule is O=C(CCC1CCCO1)NCCCN1CCCC1=O. The summed E-state index contributed by atoms with van der Waals surface area (Å²) in [6.45, 7) is 3.15. The molecular formula is C14H24N2O3. The molecule has 2 rings (SSSR count). The minimum Gasteiger partial charge on any atom is -0.378 e. The molecule has 0 aromatic heterocycles. The lowest BCUT2D eigenvalue weighted by atomic mass is 10.1. The molecule has 2 fully saturated rings. The third-order valence-corrected chi connectivity index (χ3v) is 3.82. The van der Waals surface area contributed by atoms with Gasteiger partial charge in [-0.1, -0.05) is 0 Å². The van der Waals surface area contributed by atoms with Crippen molar-refractivity contribution in [2.75, 3.05) is 26.2 Å². The van der Waals surface area contributed by atoms with E-state index < -0.39 is 0 Å². The Bertz CT molecular complexity index is 314. The molecule has 0 saturated carbocycles. The summed E-state index contributed by atoms with van der Waals surface area (Å²) in [6.07, 6.45) is 6.38. The molecule has 2 aliphatic rings. The van der Waals surface area contributed by atoms with Gasteiger partial charge in [0.25, 0.3) is 0 Å². The second-order valence-electron chi connectivity index (χ2n) is 5.36. The number of carbonyl (C=O) groups is 2. The predicted octanol–water partition coefficient (Wildman–Crippen LogP) is 1.07. The van der Waals surface area contributed by atoms with Gasteiger partial charge in [0.2, 0.25) is 11.8 Å². The Labute approximate surface area is 114 Å². The smallest absolute Gasteiger partial charge is 0.222 e. The van der Waals surface area contributed by atoms with E-state index in [1.54, 1.807) is 0 Å². The van der Waals surface area contributed by atoms with Crippen LogP contribution in [0.2, 0.25) is 0 Å². The van der Waals surface area contributed by atoms with Crippen molar-refractivity contribution in [1.82, 2.24) is 10.2 Å². The third kappa shape index (κ3) is 4.82. The minimum atomic E-state index is 0.100. The first-order valence-electron chi connectivity index (χ1n) is 7.42. The summed E-state index contributed by atoms with van der Waals surface area (Å²) in [5, 5.41) is 2.91. The first-order chi connectivity index (χ1) is 9.25. The van der Waals surface area contributed by atoms with E-state index >= 15 is 0 Å². The molecule has 19 heavy (non-hydrogen) atoms. The Morgan fingerprint density at radius 1 is 1.42 bits per heavy atom. The summed E-state index contributed by atoms with van der Waals surface area (Å²) in [4.78, 5) is 24.9. The van der Waals surface area contributed by atoms with Gasteiger partial charge in [-0.15, -0.1) is 0 Å². The van der Waals surface area contributed by atoms with Crippen molar-refractivity contribution in [2.24, 2.45) is 0 Å². The fourth-order valence-electron chi connectivity index (χ4n) is 2.69. The van der Waals surface area contributed by atoms with Crippen LogP contribution in [-0.4, -0.2) is 49.1 Å². The fraction of sp³-hybridized carbons (Fsp3) is 0.857. The van der Waals surface area contributed by atoms with Crippen LogP contribution in [0, 0.1) is 0 Å². The molecule has 0 spiro atoms. The van der Waals surface area contributed by atoms with E-state index in [0.717, 1.165) is 51.8 Å². The number of nitrogens with one attached hydrogen (secondary N) is 1. The highest BCUT2D eigenvalue weighted by molar-refractivity contribution is 5.78. The van der Waals surface area contributed by atoms with Gasteiger partial charge in [0.1, 0.15) is 0 Å². The molecule has 1 unspecified atom stereocenters. The number of amides is 2. The van der Waals surface area contributed by atoms with Gasteiger partial charge in [-0.3, -0.25) is 9.59 Å². The fourth-order valence-corrected chi connectivity index (χ4v) is 2.69. The molecule has 2 aliphatic heterocycles. The van der Waals surface area contributed by atoms with Crippen LogP contribution in [0.5, 0.6) is 0 Å². The summed E-state index contributed by atoms with van der Waals surface area (Å²) >= 11 is 0. The zero-order valence-electron chi connectivity index (χ0n) is 11.5. The van der Waals surface area contributed by atoms with Crippen molar-refractivity contribution in [1.29, 1.82) is 0 Å². The normalized spacial score (nSPS) is 23.1. The number of likely N-dealkylation sites (tertiary alicyclic amines) is 1. The number of carbonyl (C=O) groups excluding carboxylic acids is 2. The largest absolute Gasteiger partial charge is 0.378 e. The van der Waals surface area contributed by atoms with E-state index in [9.17, 15) is 9.59 Å². The van der Waals surface area contributed by atoms with E-state index in [1.807, 2.05) is 4.90 Å². The Balaban J connectivity index is 1.48. The lowest BCUT2D eigenvalue weighted by Gasteiger charge is -2.15. The van der Waals surface area contributed by atoms with E-state index in [0.29, 0.717) is 19.4 Å². The van der Waals surface area contributed by atoms with Gasteiger partial charge >= 0.3 is 0 Å². The number of ether oxygens (including phenoxy) is 1. The summed E-state index contributed by atoms with van der Waals surface area (Å²) in [5.41, 5.74) is 0. The third-order valence-electron chi connectivity index (χ3n) is 3.82. The second-order valence-corrected chi connectivity index (χ2v) is 5.36. The summed E-state index contributed by atoms with van der Waals surface area (Å²) < 4.78 is 5.48. The van der Waals surface area contributed by atoms with Crippen LogP contribution in [0.4, 0.5) is 0 Å². The van der Waals surface area contributed by atoms with Crippen LogP contribution in [-0.2, 0) is 14.3 Å². The monoisotopic (exact) mass is 268 g/mol. The lowest BCUT2D eigenvalue weighted by molar-refractivity contribution is -0.127. The molecule has 0 bridgehead atoms. The molecule has 5 heteroatoms. The molecular weight excluding hydrogens is 244 g/mol. The van der Waals surface area contributed by atoms with Crippen molar-refractivity contribution < 1.29 is 14.3 Å². The van der Waals surface area contributed by atoms with E-state index in [4.69, 9.17) is 4.74 Å². The van der Waals surface area contributed by atoms with Gasteiger partial charge in [-0.2, -0.15) is 0 Å². The summed E-state index contributed by atoms with van der Waals surface area (Å²) in [7, 11) is 0. The Kier molecular flexibility index (Phi) is 5.63. The molecule has 1 N–H and O–H groups in total. The van der Waals surface area contributed by atoms with Crippen LogP contribution in [0.3, 0.4) is 0 Å². The maximum absolute atomic E-state index is 11.6. The second kappa shape index (κ2) is 7.48. The van der Waals surface area contributed by atoms with Crippen LogP contribution in [0.25, 0.3) is 0 Å². The van der Waals surface area contributed by atoms with Crippen LogP contribution >= 0.6 is 0 Å². The molecule has 0 aliphatic carbocycles. The molecule has 2 amide bonds. The van der Waals surface area contributed by atoms with Crippen molar-refractivity contribution in [3.63, 3.8) is 0 Å². The average molecular weight is 268 g/mol. The Morgan fingerprint density at radius 2 is 2.32 bits per heavy atom. The standard InChI is InChI=1S/C14H24N2O3/c17-13(7-6-12-4-2-11-19-12)15-8-3-10-16-9-1-5-14(16)18/h12H,1-11H2,(H,15,17). The van der Waals surface area contributed by atoms with Crippen LogP contribution in [0.15, 0.2) is 0 Å². The molecule has 0 aromatic carbocycles. The highest BCUT2D eigenvalue weighted by Gasteiger charge is 2.19. The lowest BCUT2D eigenvalue weighted by Crippen LogP contribution is -2.30. The highest BCUT2D eigenvalue weighted by Crippen LogP contribution is 2.16. The molecule has 0 aromatic rings. The molecule has 5 nitrogen and oxygen atoms in total. The highest BCUT2D eigenvalue weighted by atomic mass is 16.5. The van der Waals surface area contributed by atoms with Gasteiger partial charge < -0.3 is 15.0 Å². The van der Waals surface area contributed by atoms with E-state index in [-0.39, 0.29) is 17.9 Å². The molecule has 1 atom stereocenters. The quantitative estimate of drug-likeness (QED) is 0.703. The maximum atomic E-state index is 11.6. The Morgan fingerprint density at radius 3 is 3.00 bits per heavy atom.